The second-order valence-corrected chi connectivity index (χ2v) is 4.13. The normalized spacial score (nSPS) is 26.1. The summed E-state index contributed by atoms with van der Waals surface area (Å²) in [5.41, 5.74) is 0.926. The molecular formula is C12H14F2O. The molecule has 1 aromatic carbocycles. The van der Waals surface area contributed by atoms with Crippen molar-refractivity contribution in [3.8, 4) is 5.75 Å². The fourth-order valence-electron chi connectivity index (χ4n) is 2.43. The number of phenols is 1. The Labute approximate surface area is 87.7 Å². The first-order valence-corrected chi connectivity index (χ1v) is 5.25. The van der Waals surface area contributed by atoms with Gasteiger partial charge in [0.25, 0.3) is 0 Å². The van der Waals surface area contributed by atoms with Crippen LogP contribution in [0.5, 0.6) is 5.75 Å². The van der Waals surface area contributed by atoms with Crippen LogP contribution in [0.1, 0.15) is 30.7 Å². The van der Waals surface area contributed by atoms with Crippen LogP contribution >= 0.6 is 0 Å². The van der Waals surface area contributed by atoms with Gasteiger partial charge in [0.05, 0.1) is 0 Å². The second-order valence-electron chi connectivity index (χ2n) is 4.13. The molecule has 1 N–H and O–H groups in total. The third kappa shape index (κ3) is 2.11. The number of rotatable bonds is 2. The zero-order valence-electron chi connectivity index (χ0n) is 8.37. The molecule has 2 unspecified atom stereocenters. The Morgan fingerprint density at radius 3 is 2.40 bits per heavy atom. The SMILES string of the molecule is Oc1ccc(C2CCCC2C(F)F)cc1. The standard InChI is InChI=1S/C12H14F2O/c13-12(14)11-3-1-2-10(11)8-4-6-9(15)7-5-8/h4-7,10-12,15H,1-3H2. The molecule has 0 spiro atoms. The number of aromatic hydroxyl groups is 1. The lowest BCUT2D eigenvalue weighted by Gasteiger charge is -2.19. The fourth-order valence-corrected chi connectivity index (χ4v) is 2.43. The van der Waals surface area contributed by atoms with Crippen molar-refractivity contribution in [2.24, 2.45) is 5.92 Å². The third-order valence-corrected chi connectivity index (χ3v) is 3.21. The van der Waals surface area contributed by atoms with E-state index in [4.69, 9.17) is 5.11 Å². The molecule has 82 valence electrons. The molecule has 0 radical (unpaired) electrons. The number of hydrogen-bond acceptors (Lipinski definition) is 1. The summed E-state index contributed by atoms with van der Waals surface area (Å²) < 4.78 is 25.4. The average Bonchev–Trinajstić information content (AvgIpc) is 2.67. The van der Waals surface area contributed by atoms with Crippen LogP contribution in [0.25, 0.3) is 0 Å². The molecule has 15 heavy (non-hydrogen) atoms. The Kier molecular flexibility index (Phi) is 2.89. The van der Waals surface area contributed by atoms with Crippen LogP contribution in [0, 0.1) is 5.92 Å². The maximum absolute atomic E-state index is 12.7. The van der Waals surface area contributed by atoms with Gasteiger partial charge in [0.15, 0.2) is 0 Å². The molecule has 1 nitrogen and oxygen atoms in total. The van der Waals surface area contributed by atoms with E-state index in [0.29, 0.717) is 6.42 Å². The molecule has 3 heteroatoms. The minimum Gasteiger partial charge on any atom is -0.508 e. The van der Waals surface area contributed by atoms with E-state index in [1.165, 1.54) is 0 Å². The molecule has 1 saturated carbocycles. The molecule has 1 aromatic rings. The number of hydrogen-bond donors (Lipinski definition) is 1. The summed E-state index contributed by atoms with van der Waals surface area (Å²) in [5, 5.41) is 9.13. The predicted octanol–water partition coefficient (Wildman–Crippen LogP) is 3.54. The highest BCUT2D eigenvalue weighted by Gasteiger charge is 2.34. The van der Waals surface area contributed by atoms with Gasteiger partial charge in [-0.15, -0.1) is 0 Å². The maximum Gasteiger partial charge on any atom is 0.242 e. The van der Waals surface area contributed by atoms with Gasteiger partial charge in [0.2, 0.25) is 6.43 Å². The molecule has 0 aromatic heterocycles. The summed E-state index contributed by atoms with van der Waals surface area (Å²) in [6, 6.07) is 6.63. The molecule has 0 heterocycles. The summed E-state index contributed by atoms with van der Waals surface area (Å²) in [5.74, 6) is -0.356. The largest absolute Gasteiger partial charge is 0.508 e. The van der Waals surface area contributed by atoms with E-state index in [0.717, 1.165) is 18.4 Å². The monoisotopic (exact) mass is 212 g/mol. The summed E-state index contributed by atoms with van der Waals surface area (Å²) >= 11 is 0. The van der Waals surface area contributed by atoms with Crippen molar-refractivity contribution >= 4 is 0 Å². The first-order valence-electron chi connectivity index (χ1n) is 5.25. The van der Waals surface area contributed by atoms with E-state index >= 15 is 0 Å². The van der Waals surface area contributed by atoms with E-state index in [1.54, 1.807) is 24.3 Å². The Hall–Kier alpha value is -1.12. The highest BCUT2D eigenvalue weighted by atomic mass is 19.3. The van der Waals surface area contributed by atoms with Crippen LogP contribution in [-0.4, -0.2) is 11.5 Å². The van der Waals surface area contributed by atoms with E-state index in [-0.39, 0.29) is 11.7 Å². The molecule has 0 aliphatic heterocycles. The van der Waals surface area contributed by atoms with Gasteiger partial charge in [-0.05, 0) is 36.5 Å². The molecule has 0 saturated heterocycles. The van der Waals surface area contributed by atoms with E-state index in [1.807, 2.05) is 0 Å². The highest BCUT2D eigenvalue weighted by molar-refractivity contribution is 5.29. The molecule has 0 amide bonds. The van der Waals surface area contributed by atoms with Crippen molar-refractivity contribution in [1.29, 1.82) is 0 Å². The zero-order valence-corrected chi connectivity index (χ0v) is 8.37. The van der Waals surface area contributed by atoms with E-state index in [9.17, 15) is 8.78 Å². The Balaban J connectivity index is 2.19. The summed E-state index contributed by atoms with van der Waals surface area (Å²) in [6.45, 7) is 0. The van der Waals surface area contributed by atoms with Crippen LogP contribution in [0.15, 0.2) is 24.3 Å². The van der Waals surface area contributed by atoms with Crippen molar-refractivity contribution < 1.29 is 13.9 Å². The van der Waals surface area contributed by atoms with Gasteiger partial charge in [-0.1, -0.05) is 18.6 Å². The second kappa shape index (κ2) is 4.17. The molecular weight excluding hydrogens is 198 g/mol. The first-order chi connectivity index (χ1) is 7.18. The zero-order chi connectivity index (χ0) is 10.8. The van der Waals surface area contributed by atoms with Crippen LogP contribution in [0.3, 0.4) is 0 Å². The minimum atomic E-state index is -2.23. The lowest BCUT2D eigenvalue weighted by Crippen LogP contribution is -2.14. The topological polar surface area (TPSA) is 20.2 Å². The van der Waals surface area contributed by atoms with Crippen molar-refractivity contribution in [2.75, 3.05) is 0 Å². The lowest BCUT2D eigenvalue weighted by atomic mass is 9.89. The van der Waals surface area contributed by atoms with Gasteiger partial charge in [-0.3, -0.25) is 0 Å². The molecule has 1 fully saturated rings. The molecule has 2 atom stereocenters. The predicted molar refractivity (Wildman–Crippen MR) is 54.2 cm³/mol. The molecule has 1 aliphatic carbocycles. The fraction of sp³-hybridized carbons (Fsp3) is 0.500. The lowest BCUT2D eigenvalue weighted by molar-refractivity contribution is 0.0717. The minimum absolute atomic E-state index is 0.0365. The number of benzene rings is 1. The Morgan fingerprint density at radius 2 is 1.80 bits per heavy atom. The maximum atomic E-state index is 12.7. The van der Waals surface area contributed by atoms with Crippen LogP contribution < -0.4 is 0 Å². The van der Waals surface area contributed by atoms with Crippen molar-refractivity contribution in [3.63, 3.8) is 0 Å². The molecule has 1 aliphatic rings. The Morgan fingerprint density at radius 1 is 1.13 bits per heavy atom. The van der Waals surface area contributed by atoms with Crippen LogP contribution in [-0.2, 0) is 0 Å². The van der Waals surface area contributed by atoms with Crippen molar-refractivity contribution in [1.82, 2.24) is 0 Å². The number of phenolic OH excluding ortho intramolecular Hbond substituents is 1. The Bertz CT molecular complexity index is 321. The summed E-state index contributed by atoms with van der Waals surface area (Å²) in [7, 11) is 0. The summed E-state index contributed by atoms with van der Waals surface area (Å²) in [6.07, 6.45) is 0.0927. The number of halogens is 2. The van der Waals surface area contributed by atoms with Crippen molar-refractivity contribution in [3.05, 3.63) is 29.8 Å². The quantitative estimate of drug-likeness (QED) is 0.794. The van der Waals surface area contributed by atoms with Gasteiger partial charge >= 0.3 is 0 Å². The molecule has 2 rings (SSSR count). The smallest absolute Gasteiger partial charge is 0.242 e. The molecule has 0 bridgehead atoms. The number of alkyl halides is 2. The van der Waals surface area contributed by atoms with E-state index in [2.05, 4.69) is 0 Å². The van der Waals surface area contributed by atoms with Crippen LogP contribution in [0.2, 0.25) is 0 Å². The van der Waals surface area contributed by atoms with Crippen LogP contribution in [0.4, 0.5) is 8.78 Å². The van der Waals surface area contributed by atoms with Gasteiger partial charge in [-0.2, -0.15) is 0 Å². The third-order valence-electron chi connectivity index (χ3n) is 3.21. The average molecular weight is 212 g/mol. The first kappa shape index (κ1) is 10.4. The van der Waals surface area contributed by atoms with E-state index < -0.39 is 12.3 Å². The summed E-state index contributed by atoms with van der Waals surface area (Å²) in [4.78, 5) is 0. The highest BCUT2D eigenvalue weighted by Crippen LogP contribution is 2.42. The van der Waals surface area contributed by atoms with Gasteiger partial charge < -0.3 is 5.11 Å². The van der Waals surface area contributed by atoms with Gasteiger partial charge in [-0.25, -0.2) is 8.78 Å². The van der Waals surface area contributed by atoms with Gasteiger partial charge in [0, 0.05) is 5.92 Å². The van der Waals surface area contributed by atoms with Crippen molar-refractivity contribution in [2.45, 2.75) is 31.6 Å². The van der Waals surface area contributed by atoms with Gasteiger partial charge in [0.1, 0.15) is 5.75 Å².